The molecule has 2 bridgehead atoms. The van der Waals surface area contributed by atoms with Gasteiger partial charge in [-0.25, -0.2) is 4.21 Å². The van der Waals surface area contributed by atoms with Gasteiger partial charge in [0, 0.05) is 49.7 Å². The number of hydrogen-bond donors (Lipinski definition) is 1. The second-order valence-corrected chi connectivity index (χ2v) is 14.4. The minimum atomic E-state index is -1.54. The van der Waals surface area contributed by atoms with E-state index in [1.165, 1.54) is 11.1 Å². The molecular formula is C35H47ClN2O5S. The van der Waals surface area contributed by atoms with Gasteiger partial charge in [-0.2, -0.15) is 0 Å². The molecule has 0 aromatic heterocycles. The molecule has 240 valence electrons. The van der Waals surface area contributed by atoms with Crippen LogP contribution >= 0.6 is 11.6 Å². The fourth-order valence-corrected chi connectivity index (χ4v) is 7.67. The van der Waals surface area contributed by atoms with Gasteiger partial charge in [0.15, 0.2) is 0 Å². The molecular weight excluding hydrogens is 596 g/mol. The van der Waals surface area contributed by atoms with Crippen molar-refractivity contribution >= 4 is 40.5 Å². The number of nitrogens with one attached hydrogen (secondary N) is 1. The Morgan fingerprint density at radius 2 is 1.91 bits per heavy atom. The molecule has 1 aliphatic carbocycles. The Morgan fingerprint density at radius 1 is 1.14 bits per heavy atom. The molecule has 44 heavy (non-hydrogen) atoms. The van der Waals surface area contributed by atoms with Gasteiger partial charge in [-0.05, 0) is 91.8 Å². The van der Waals surface area contributed by atoms with Gasteiger partial charge in [0.2, 0.25) is 0 Å². The zero-order chi connectivity index (χ0) is 31.8. The Hall–Kier alpha value is -2.68. The minimum absolute atomic E-state index is 0.0862. The zero-order valence-electron chi connectivity index (χ0n) is 26.6. The number of hydrogen-bond acceptors (Lipinski definition) is 6. The lowest BCUT2D eigenvalue weighted by molar-refractivity contribution is -0.112. The Balaban J connectivity index is 0.00000141. The van der Waals surface area contributed by atoms with E-state index in [4.69, 9.17) is 16.3 Å². The molecule has 2 heterocycles. The maximum absolute atomic E-state index is 13.3. The molecule has 1 N–H and O–H groups in total. The number of methoxy groups -OCH3 is 1. The number of nitrogens with zero attached hydrogens (tertiary/aromatic N) is 1. The summed E-state index contributed by atoms with van der Waals surface area (Å²) < 4.78 is 26.5. The van der Waals surface area contributed by atoms with E-state index in [1.54, 1.807) is 20.3 Å². The van der Waals surface area contributed by atoms with Crippen molar-refractivity contribution in [3.8, 4) is 5.75 Å². The summed E-state index contributed by atoms with van der Waals surface area (Å²) in [4.78, 5) is 27.8. The van der Waals surface area contributed by atoms with Crippen LogP contribution in [-0.2, 0) is 26.9 Å². The lowest BCUT2D eigenvalue weighted by Crippen LogP contribution is -2.42. The number of carbonyl (C=O) groups excluding carboxylic acids is 2. The van der Waals surface area contributed by atoms with Crippen molar-refractivity contribution in [3.05, 3.63) is 70.3 Å². The molecule has 7 atom stereocenters. The average molecular weight is 643 g/mol. The molecule has 2 aliphatic heterocycles. The number of amides is 1. The summed E-state index contributed by atoms with van der Waals surface area (Å²) in [5, 5.41) is 0.503. The standard InChI is InChI=1S/C33H41ClN2O4S.C2H6O/c1-4-6-23-15-28(34)11-13-29(23)27-18-36-17-25-9-12-30(25)26(19-37)8-5-7-21(2)22(3)41(39)35-33(38)24-10-14-32(40-20-27)31(36)16-24;1-3-2/h5,8,10-11,13-16,19,21-22,25-27,30H,4,6-7,9,12,17-18,20H2,1-3H3,(H,35,38);1-2H3/b8-5+;. The van der Waals surface area contributed by atoms with Crippen LogP contribution in [0.5, 0.6) is 5.75 Å². The zero-order valence-corrected chi connectivity index (χ0v) is 28.2. The number of aryl methyl sites for hydroxylation is 1. The normalized spacial score (nSPS) is 29.4. The molecule has 9 heteroatoms. The van der Waals surface area contributed by atoms with Crippen molar-refractivity contribution in [1.29, 1.82) is 0 Å². The first kappa shape index (κ1) is 34.2. The van der Waals surface area contributed by atoms with E-state index >= 15 is 0 Å². The summed E-state index contributed by atoms with van der Waals surface area (Å²) >= 11 is 6.39. The maximum atomic E-state index is 13.3. The Labute approximate surface area is 270 Å². The van der Waals surface area contributed by atoms with Crippen LogP contribution in [0.3, 0.4) is 0 Å². The molecule has 1 saturated carbocycles. The Morgan fingerprint density at radius 3 is 2.59 bits per heavy atom. The molecule has 0 saturated heterocycles. The van der Waals surface area contributed by atoms with Crippen molar-refractivity contribution in [2.45, 2.75) is 64.0 Å². The molecule has 1 fully saturated rings. The van der Waals surface area contributed by atoms with E-state index < -0.39 is 11.0 Å². The summed E-state index contributed by atoms with van der Waals surface area (Å²) in [5.41, 5.74) is 3.82. The molecule has 3 aliphatic rings. The van der Waals surface area contributed by atoms with Gasteiger partial charge in [-0.3, -0.25) is 9.52 Å². The third kappa shape index (κ3) is 8.12. The number of rotatable bonds is 4. The predicted molar refractivity (Wildman–Crippen MR) is 179 cm³/mol. The van der Waals surface area contributed by atoms with E-state index in [-0.39, 0.29) is 34.8 Å². The highest BCUT2D eigenvalue weighted by Crippen LogP contribution is 2.44. The molecule has 7 nitrogen and oxygen atoms in total. The third-order valence-electron chi connectivity index (χ3n) is 9.29. The number of halogens is 1. The minimum Gasteiger partial charge on any atom is -0.491 e. The predicted octanol–water partition coefficient (Wildman–Crippen LogP) is 6.76. The largest absolute Gasteiger partial charge is 0.491 e. The summed E-state index contributed by atoms with van der Waals surface area (Å²) in [6.45, 7) is 8.11. The lowest BCUT2D eigenvalue weighted by atomic mass is 9.67. The quantitative estimate of drug-likeness (QED) is 0.293. The van der Waals surface area contributed by atoms with Crippen LogP contribution in [0.4, 0.5) is 5.69 Å². The van der Waals surface area contributed by atoms with Gasteiger partial charge in [-0.15, -0.1) is 0 Å². The molecule has 1 amide bonds. The number of aldehydes is 1. The van der Waals surface area contributed by atoms with E-state index in [0.717, 1.165) is 61.5 Å². The SMILES string of the molecule is CCCc1cc(Cl)ccc1C1COc2ccc3cc2N(C1)CC1CCC1C(C=O)/C=C/CC(C)C(C)S(=O)NC3=O.COC. The highest BCUT2D eigenvalue weighted by Gasteiger charge is 2.38. The van der Waals surface area contributed by atoms with Crippen molar-refractivity contribution in [2.24, 2.45) is 23.7 Å². The maximum Gasteiger partial charge on any atom is 0.263 e. The Bertz CT molecular complexity index is 1350. The second kappa shape index (κ2) is 16.1. The van der Waals surface area contributed by atoms with Crippen LogP contribution in [-0.4, -0.2) is 55.6 Å². The second-order valence-electron chi connectivity index (χ2n) is 12.4. The molecule has 7 unspecified atom stereocenters. The summed E-state index contributed by atoms with van der Waals surface area (Å²) in [7, 11) is 1.71. The van der Waals surface area contributed by atoms with Crippen LogP contribution in [0.1, 0.15) is 73.9 Å². The van der Waals surface area contributed by atoms with E-state index in [9.17, 15) is 13.8 Å². The highest BCUT2D eigenvalue weighted by atomic mass is 35.5. The molecule has 0 spiro atoms. The number of anilines is 1. The first-order valence-electron chi connectivity index (χ1n) is 15.7. The molecule has 5 rings (SSSR count). The molecule has 0 radical (unpaired) electrons. The number of benzene rings is 2. The fraction of sp³-hybridized carbons (Fsp3) is 0.543. The van der Waals surface area contributed by atoms with Gasteiger partial charge in [0.1, 0.15) is 23.0 Å². The first-order chi connectivity index (χ1) is 21.2. The van der Waals surface area contributed by atoms with Crippen molar-refractivity contribution in [1.82, 2.24) is 4.72 Å². The summed E-state index contributed by atoms with van der Waals surface area (Å²) in [6, 6.07) is 11.6. The van der Waals surface area contributed by atoms with Crippen molar-refractivity contribution in [2.75, 3.05) is 38.8 Å². The average Bonchev–Trinajstić information content (AvgIpc) is 3.17. The van der Waals surface area contributed by atoms with Gasteiger partial charge in [0.05, 0.1) is 17.5 Å². The topological polar surface area (TPSA) is 84.9 Å². The van der Waals surface area contributed by atoms with Crippen LogP contribution in [0.15, 0.2) is 48.6 Å². The number of fused-ring (bicyclic) bond motifs is 2. The number of carbonyl (C=O) groups is 2. The molecule has 2 aromatic carbocycles. The number of ether oxygens (including phenoxy) is 2. The van der Waals surface area contributed by atoms with Gasteiger partial charge in [-0.1, -0.05) is 50.1 Å². The molecule has 2 aromatic rings. The highest BCUT2D eigenvalue weighted by molar-refractivity contribution is 7.84. The fourth-order valence-electron chi connectivity index (χ4n) is 6.45. The first-order valence-corrected chi connectivity index (χ1v) is 17.3. The van der Waals surface area contributed by atoms with Gasteiger partial charge in [0.25, 0.3) is 5.91 Å². The monoisotopic (exact) mass is 642 g/mol. The van der Waals surface area contributed by atoms with Crippen molar-refractivity contribution < 1.29 is 23.3 Å². The van der Waals surface area contributed by atoms with Crippen LogP contribution in [0, 0.1) is 23.7 Å². The van der Waals surface area contributed by atoms with E-state index in [2.05, 4.69) is 39.5 Å². The van der Waals surface area contributed by atoms with Crippen molar-refractivity contribution in [3.63, 3.8) is 0 Å². The van der Waals surface area contributed by atoms with Crippen LogP contribution in [0.2, 0.25) is 5.02 Å². The summed E-state index contributed by atoms with van der Waals surface area (Å²) in [6.07, 6.45) is 9.95. The smallest absolute Gasteiger partial charge is 0.263 e. The Kier molecular flexibility index (Phi) is 12.5. The van der Waals surface area contributed by atoms with Crippen LogP contribution < -0.4 is 14.4 Å². The summed E-state index contributed by atoms with van der Waals surface area (Å²) in [5.74, 6) is 1.09. The third-order valence-corrected chi connectivity index (χ3v) is 11.0. The van der Waals surface area contributed by atoms with E-state index in [0.29, 0.717) is 24.5 Å². The van der Waals surface area contributed by atoms with Gasteiger partial charge >= 0.3 is 0 Å². The van der Waals surface area contributed by atoms with Crippen LogP contribution in [0.25, 0.3) is 0 Å². The van der Waals surface area contributed by atoms with Gasteiger partial charge < -0.3 is 19.2 Å². The van der Waals surface area contributed by atoms with E-state index in [1.807, 2.05) is 38.1 Å². The lowest BCUT2D eigenvalue weighted by Gasteiger charge is -2.43. The number of allylic oxidation sites excluding steroid dienone is 2.